The van der Waals surface area contributed by atoms with Crippen LogP contribution in [0.5, 0.6) is 0 Å². The van der Waals surface area contributed by atoms with Gasteiger partial charge in [0, 0.05) is 12.2 Å². The van der Waals surface area contributed by atoms with Crippen molar-refractivity contribution < 1.29 is 19.1 Å². The van der Waals surface area contributed by atoms with Gasteiger partial charge in [-0.3, -0.25) is 9.59 Å². The third kappa shape index (κ3) is 3.94. The van der Waals surface area contributed by atoms with Crippen LogP contribution in [0, 0.1) is 0 Å². The summed E-state index contributed by atoms with van der Waals surface area (Å²) >= 11 is 1.38. The molecule has 3 rings (SSSR count). The fourth-order valence-corrected chi connectivity index (χ4v) is 3.74. The average molecular weight is 372 g/mol. The summed E-state index contributed by atoms with van der Waals surface area (Å²) in [5, 5.41) is 4.68. The van der Waals surface area contributed by atoms with E-state index in [4.69, 9.17) is 4.74 Å². The van der Waals surface area contributed by atoms with Crippen molar-refractivity contribution in [1.29, 1.82) is 0 Å². The highest BCUT2D eigenvalue weighted by atomic mass is 32.1. The minimum Gasteiger partial charge on any atom is -0.465 e. The van der Waals surface area contributed by atoms with Crippen LogP contribution in [0.25, 0.3) is 0 Å². The summed E-state index contributed by atoms with van der Waals surface area (Å²) in [6.45, 7) is 0.566. The second kappa shape index (κ2) is 8.14. The van der Waals surface area contributed by atoms with Gasteiger partial charge in [-0.1, -0.05) is 12.1 Å². The number of thiophene rings is 1. The Hall–Kier alpha value is -2.67. The number of carbonyl (C=O) groups excluding carboxylic acids is 3. The van der Waals surface area contributed by atoms with Crippen LogP contribution in [0.1, 0.15) is 39.3 Å². The van der Waals surface area contributed by atoms with Gasteiger partial charge in [0.1, 0.15) is 6.04 Å². The number of hydrogen-bond donors (Lipinski definition) is 1. The summed E-state index contributed by atoms with van der Waals surface area (Å²) in [7, 11) is 1.31. The van der Waals surface area contributed by atoms with E-state index in [1.807, 2.05) is 11.4 Å². The number of benzene rings is 1. The van der Waals surface area contributed by atoms with Gasteiger partial charge < -0.3 is 15.0 Å². The normalized spacial score (nSPS) is 16.8. The number of esters is 1. The smallest absolute Gasteiger partial charge is 0.337 e. The van der Waals surface area contributed by atoms with Crippen molar-refractivity contribution in [2.75, 3.05) is 19.0 Å². The molecule has 0 spiro atoms. The lowest BCUT2D eigenvalue weighted by Crippen LogP contribution is -2.49. The van der Waals surface area contributed by atoms with Crippen LogP contribution in [0.3, 0.4) is 0 Å². The van der Waals surface area contributed by atoms with E-state index >= 15 is 0 Å². The number of hydrogen-bond acceptors (Lipinski definition) is 5. The Balaban J connectivity index is 1.75. The maximum Gasteiger partial charge on any atom is 0.337 e. The van der Waals surface area contributed by atoms with Crippen molar-refractivity contribution in [3.8, 4) is 0 Å². The molecule has 0 saturated carbocycles. The molecule has 1 unspecified atom stereocenters. The van der Waals surface area contributed by atoms with E-state index in [0.717, 1.165) is 12.8 Å². The fourth-order valence-electron chi connectivity index (χ4n) is 3.06. The highest BCUT2D eigenvalue weighted by Gasteiger charge is 2.33. The van der Waals surface area contributed by atoms with Gasteiger partial charge in [-0.15, -0.1) is 11.3 Å². The zero-order chi connectivity index (χ0) is 18.5. The number of ether oxygens (including phenoxy) is 1. The maximum atomic E-state index is 12.8. The quantitative estimate of drug-likeness (QED) is 0.837. The summed E-state index contributed by atoms with van der Waals surface area (Å²) in [6.07, 6.45) is 2.41. The molecule has 0 aliphatic carbocycles. The van der Waals surface area contributed by atoms with Gasteiger partial charge in [-0.25, -0.2) is 4.79 Å². The first-order valence-corrected chi connectivity index (χ1v) is 9.32. The zero-order valence-corrected chi connectivity index (χ0v) is 15.3. The predicted molar refractivity (Wildman–Crippen MR) is 99.4 cm³/mol. The van der Waals surface area contributed by atoms with Crippen molar-refractivity contribution in [2.45, 2.75) is 25.3 Å². The molecule has 1 aliphatic rings. The Morgan fingerprint density at radius 3 is 2.77 bits per heavy atom. The molecule has 26 heavy (non-hydrogen) atoms. The van der Waals surface area contributed by atoms with Gasteiger partial charge in [0.25, 0.3) is 5.91 Å². The molecule has 1 aromatic heterocycles. The average Bonchev–Trinajstić information content (AvgIpc) is 3.21. The Bertz CT molecular complexity index is 804. The molecule has 1 aliphatic heterocycles. The molecule has 7 heteroatoms. The number of piperidine rings is 1. The molecule has 2 amide bonds. The van der Waals surface area contributed by atoms with Gasteiger partial charge in [0.15, 0.2) is 0 Å². The second-order valence-electron chi connectivity index (χ2n) is 6.05. The number of rotatable bonds is 4. The minimum atomic E-state index is -0.514. The van der Waals surface area contributed by atoms with Gasteiger partial charge in [0.2, 0.25) is 5.91 Å². The zero-order valence-electron chi connectivity index (χ0n) is 14.4. The van der Waals surface area contributed by atoms with Crippen LogP contribution in [-0.2, 0) is 9.53 Å². The Kier molecular flexibility index (Phi) is 5.68. The first-order chi connectivity index (χ1) is 12.6. The second-order valence-corrected chi connectivity index (χ2v) is 7.00. The van der Waals surface area contributed by atoms with Gasteiger partial charge in [0.05, 0.1) is 17.6 Å². The molecule has 2 aromatic rings. The van der Waals surface area contributed by atoms with Crippen LogP contribution in [0.2, 0.25) is 0 Å². The summed E-state index contributed by atoms with van der Waals surface area (Å²) in [6, 6.07) is 9.66. The first kappa shape index (κ1) is 18.1. The topological polar surface area (TPSA) is 75.7 Å². The van der Waals surface area contributed by atoms with Crippen LogP contribution < -0.4 is 5.32 Å². The molecular weight excluding hydrogens is 352 g/mol. The number of anilines is 1. The number of likely N-dealkylation sites (tertiary alicyclic amines) is 1. The van der Waals surface area contributed by atoms with Crippen LogP contribution >= 0.6 is 11.3 Å². The van der Waals surface area contributed by atoms with E-state index in [-0.39, 0.29) is 11.8 Å². The number of carbonyl (C=O) groups is 3. The molecule has 2 heterocycles. The summed E-state index contributed by atoms with van der Waals surface area (Å²) in [4.78, 5) is 39.4. The summed E-state index contributed by atoms with van der Waals surface area (Å²) < 4.78 is 4.70. The maximum absolute atomic E-state index is 12.8. The molecular formula is C19H20N2O4S. The summed E-state index contributed by atoms with van der Waals surface area (Å²) in [5.41, 5.74) is 0.868. The largest absolute Gasteiger partial charge is 0.465 e. The highest BCUT2D eigenvalue weighted by Crippen LogP contribution is 2.23. The van der Waals surface area contributed by atoms with E-state index in [1.165, 1.54) is 18.4 Å². The lowest BCUT2D eigenvalue weighted by Gasteiger charge is -2.34. The molecule has 0 radical (unpaired) electrons. The van der Waals surface area contributed by atoms with E-state index < -0.39 is 12.0 Å². The summed E-state index contributed by atoms with van der Waals surface area (Å²) in [5.74, 6) is -0.812. The van der Waals surface area contributed by atoms with Crippen LogP contribution in [0.4, 0.5) is 5.69 Å². The third-order valence-corrected chi connectivity index (χ3v) is 5.21. The third-order valence-electron chi connectivity index (χ3n) is 4.35. The van der Waals surface area contributed by atoms with Crippen molar-refractivity contribution in [1.82, 2.24) is 4.90 Å². The molecule has 1 atom stereocenters. The number of nitrogens with one attached hydrogen (secondary N) is 1. The molecule has 1 aromatic carbocycles. The van der Waals surface area contributed by atoms with E-state index in [1.54, 1.807) is 35.2 Å². The number of methoxy groups -OCH3 is 1. The predicted octanol–water partition coefficient (Wildman–Crippen LogP) is 3.17. The van der Waals surface area contributed by atoms with Crippen molar-refractivity contribution in [2.24, 2.45) is 0 Å². The Morgan fingerprint density at radius 1 is 1.19 bits per heavy atom. The molecule has 1 N–H and O–H groups in total. The number of nitrogens with zero attached hydrogens (tertiary/aromatic N) is 1. The van der Waals surface area contributed by atoms with Crippen molar-refractivity contribution >= 4 is 34.8 Å². The molecule has 136 valence electrons. The Morgan fingerprint density at radius 2 is 2.04 bits per heavy atom. The number of amides is 2. The minimum absolute atomic E-state index is 0.108. The SMILES string of the molecule is COC(=O)c1cccc(NC(=O)C2CCCCN2C(=O)c2cccs2)c1. The van der Waals surface area contributed by atoms with E-state index in [0.29, 0.717) is 29.1 Å². The van der Waals surface area contributed by atoms with E-state index in [9.17, 15) is 14.4 Å². The van der Waals surface area contributed by atoms with Gasteiger partial charge >= 0.3 is 5.97 Å². The van der Waals surface area contributed by atoms with Gasteiger partial charge in [-0.2, -0.15) is 0 Å². The van der Waals surface area contributed by atoms with Gasteiger partial charge in [-0.05, 0) is 48.9 Å². The van der Waals surface area contributed by atoms with E-state index in [2.05, 4.69) is 5.32 Å². The molecule has 1 saturated heterocycles. The molecule has 6 nitrogen and oxygen atoms in total. The van der Waals surface area contributed by atoms with Crippen LogP contribution in [0.15, 0.2) is 41.8 Å². The van der Waals surface area contributed by atoms with Crippen molar-refractivity contribution in [3.63, 3.8) is 0 Å². The lowest BCUT2D eigenvalue weighted by molar-refractivity contribution is -0.121. The monoisotopic (exact) mass is 372 g/mol. The lowest BCUT2D eigenvalue weighted by atomic mass is 10.0. The standard InChI is InChI=1S/C19H20N2O4S/c1-25-19(24)13-6-4-7-14(12-13)20-17(22)15-8-2-3-10-21(15)18(23)16-9-5-11-26-16/h4-7,9,11-12,15H,2-3,8,10H2,1H3,(H,20,22). The first-order valence-electron chi connectivity index (χ1n) is 8.44. The van der Waals surface area contributed by atoms with Crippen molar-refractivity contribution in [3.05, 3.63) is 52.2 Å². The highest BCUT2D eigenvalue weighted by molar-refractivity contribution is 7.12. The fraction of sp³-hybridized carbons (Fsp3) is 0.316. The van der Waals surface area contributed by atoms with Crippen LogP contribution in [-0.4, -0.2) is 42.4 Å². The molecule has 1 fully saturated rings. The Labute approximate surface area is 155 Å². The molecule has 0 bridgehead atoms.